The summed E-state index contributed by atoms with van der Waals surface area (Å²) in [5.74, 6) is 1.00. The van der Waals surface area contributed by atoms with Crippen LogP contribution in [0.3, 0.4) is 0 Å². The molecule has 4 heteroatoms. The second-order valence-electron chi connectivity index (χ2n) is 4.34. The highest BCUT2D eigenvalue weighted by Crippen LogP contribution is 2.30. The lowest BCUT2D eigenvalue weighted by molar-refractivity contribution is -0.131. The summed E-state index contributed by atoms with van der Waals surface area (Å²) in [6, 6.07) is 0.0655. The van der Waals surface area contributed by atoms with Crippen molar-refractivity contribution < 1.29 is 9.90 Å². The molecule has 0 aromatic heterocycles. The van der Waals surface area contributed by atoms with Gasteiger partial charge in [0.1, 0.15) is 0 Å². The van der Waals surface area contributed by atoms with Crippen LogP contribution in [0.25, 0.3) is 0 Å². The SMILES string of the molecule is O=C1CC(CCl)CN1C1CCCC1O. The van der Waals surface area contributed by atoms with Gasteiger partial charge in [-0.2, -0.15) is 0 Å². The van der Waals surface area contributed by atoms with E-state index in [1.165, 1.54) is 0 Å². The maximum Gasteiger partial charge on any atom is 0.223 e. The number of hydrogen-bond donors (Lipinski definition) is 1. The van der Waals surface area contributed by atoms with Crippen molar-refractivity contribution in [3.8, 4) is 0 Å². The molecule has 0 radical (unpaired) electrons. The van der Waals surface area contributed by atoms with Crippen LogP contribution in [0.2, 0.25) is 0 Å². The molecule has 1 heterocycles. The first-order valence-electron chi connectivity index (χ1n) is 5.26. The van der Waals surface area contributed by atoms with Crippen LogP contribution < -0.4 is 0 Å². The molecule has 1 amide bonds. The molecule has 3 unspecified atom stereocenters. The summed E-state index contributed by atoms with van der Waals surface area (Å²) in [6.45, 7) is 0.740. The third-order valence-electron chi connectivity index (χ3n) is 3.30. The number of amides is 1. The molecule has 1 aliphatic heterocycles. The van der Waals surface area contributed by atoms with E-state index in [1.807, 2.05) is 4.90 Å². The van der Waals surface area contributed by atoms with Crippen molar-refractivity contribution in [1.82, 2.24) is 4.90 Å². The molecule has 1 aliphatic carbocycles. The van der Waals surface area contributed by atoms with Crippen molar-refractivity contribution in [1.29, 1.82) is 0 Å². The first-order valence-corrected chi connectivity index (χ1v) is 5.79. The third-order valence-corrected chi connectivity index (χ3v) is 3.74. The van der Waals surface area contributed by atoms with E-state index in [4.69, 9.17) is 11.6 Å². The van der Waals surface area contributed by atoms with Crippen LogP contribution in [-0.4, -0.2) is 40.5 Å². The molecule has 3 atom stereocenters. The highest BCUT2D eigenvalue weighted by Gasteiger charge is 2.38. The maximum absolute atomic E-state index is 11.6. The van der Waals surface area contributed by atoms with Gasteiger partial charge in [0.25, 0.3) is 0 Å². The fraction of sp³-hybridized carbons (Fsp3) is 0.900. The average Bonchev–Trinajstić information content (AvgIpc) is 2.72. The predicted octanol–water partition coefficient (Wildman–Crippen LogP) is 0.987. The molecule has 1 N–H and O–H groups in total. The van der Waals surface area contributed by atoms with Gasteiger partial charge >= 0.3 is 0 Å². The molecule has 0 aromatic carbocycles. The molecular weight excluding hydrogens is 202 g/mol. The van der Waals surface area contributed by atoms with E-state index in [0.717, 1.165) is 25.8 Å². The number of likely N-dealkylation sites (tertiary alicyclic amines) is 1. The number of carbonyl (C=O) groups is 1. The highest BCUT2D eigenvalue weighted by molar-refractivity contribution is 6.18. The number of aliphatic hydroxyl groups excluding tert-OH is 1. The topological polar surface area (TPSA) is 40.5 Å². The van der Waals surface area contributed by atoms with E-state index in [-0.39, 0.29) is 24.0 Å². The van der Waals surface area contributed by atoms with Crippen molar-refractivity contribution in [2.45, 2.75) is 37.8 Å². The predicted molar refractivity (Wildman–Crippen MR) is 54.2 cm³/mol. The first-order chi connectivity index (χ1) is 6.72. The summed E-state index contributed by atoms with van der Waals surface area (Å²) < 4.78 is 0. The fourth-order valence-electron chi connectivity index (χ4n) is 2.52. The van der Waals surface area contributed by atoms with Gasteiger partial charge in [-0.05, 0) is 25.2 Å². The number of aliphatic hydroxyl groups is 1. The monoisotopic (exact) mass is 217 g/mol. The van der Waals surface area contributed by atoms with E-state index in [0.29, 0.717) is 12.3 Å². The smallest absolute Gasteiger partial charge is 0.223 e. The van der Waals surface area contributed by atoms with Crippen LogP contribution in [-0.2, 0) is 4.79 Å². The molecular formula is C10H16ClNO2. The molecule has 0 spiro atoms. The molecule has 2 rings (SSSR count). The van der Waals surface area contributed by atoms with Gasteiger partial charge in [-0.15, -0.1) is 11.6 Å². The quantitative estimate of drug-likeness (QED) is 0.701. The van der Waals surface area contributed by atoms with E-state index >= 15 is 0 Å². The summed E-state index contributed by atoms with van der Waals surface area (Å²) in [5, 5.41) is 9.70. The van der Waals surface area contributed by atoms with E-state index < -0.39 is 0 Å². The molecule has 1 saturated heterocycles. The van der Waals surface area contributed by atoms with Crippen molar-refractivity contribution in [3.05, 3.63) is 0 Å². The minimum atomic E-state index is -0.312. The maximum atomic E-state index is 11.6. The number of rotatable bonds is 2. The molecule has 2 fully saturated rings. The number of alkyl halides is 1. The van der Waals surface area contributed by atoms with Crippen LogP contribution in [0.15, 0.2) is 0 Å². The number of hydrogen-bond acceptors (Lipinski definition) is 2. The largest absolute Gasteiger partial charge is 0.391 e. The minimum absolute atomic E-state index is 0.0655. The van der Waals surface area contributed by atoms with Crippen molar-refractivity contribution in [3.63, 3.8) is 0 Å². The standard InChI is InChI=1S/C10H16ClNO2/c11-5-7-4-10(14)12(6-7)8-2-1-3-9(8)13/h7-9,13H,1-6H2. The Morgan fingerprint density at radius 2 is 2.29 bits per heavy atom. The molecule has 3 nitrogen and oxygen atoms in total. The van der Waals surface area contributed by atoms with Gasteiger partial charge in [-0.25, -0.2) is 0 Å². The summed E-state index contributed by atoms with van der Waals surface area (Å²) in [5.41, 5.74) is 0. The van der Waals surface area contributed by atoms with Gasteiger partial charge < -0.3 is 10.0 Å². The van der Waals surface area contributed by atoms with Gasteiger partial charge in [0.15, 0.2) is 0 Å². The summed E-state index contributed by atoms with van der Waals surface area (Å²) >= 11 is 5.74. The van der Waals surface area contributed by atoms with Crippen molar-refractivity contribution in [2.75, 3.05) is 12.4 Å². The number of nitrogens with zero attached hydrogens (tertiary/aromatic N) is 1. The number of halogens is 1. The Hall–Kier alpha value is -0.280. The molecule has 80 valence electrons. The van der Waals surface area contributed by atoms with Gasteiger partial charge in [-0.3, -0.25) is 4.79 Å². The Labute approximate surface area is 89.0 Å². The van der Waals surface area contributed by atoms with Gasteiger partial charge in [-0.1, -0.05) is 0 Å². The Morgan fingerprint density at radius 3 is 2.79 bits per heavy atom. The zero-order chi connectivity index (χ0) is 10.1. The molecule has 14 heavy (non-hydrogen) atoms. The van der Waals surface area contributed by atoms with Crippen molar-refractivity contribution >= 4 is 17.5 Å². The summed E-state index contributed by atoms with van der Waals surface area (Å²) in [7, 11) is 0. The van der Waals surface area contributed by atoms with E-state index in [2.05, 4.69) is 0 Å². The Balaban J connectivity index is 2.00. The zero-order valence-electron chi connectivity index (χ0n) is 8.16. The van der Waals surface area contributed by atoms with Crippen molar-refractivity contribution in [2.24, 2.45) is 5.92 Å². The molecule has 0 bridgehead atoms. The van der Waals surface area contributed by atoms with Crippen LogP contribution in [0.5, 0.6) is 0 Å². The van der Waals surface area contributed by atoms with Crippen LogP contribution >= 0.6 is 11.6 Å². The van der Waals surface area contributed by atoms with Crippen LogP contribution in [0.4, 0.5) is 0 Å². The third kappa shape index (κ3) is 1.75. The fourth-order valence-corrected chi connectivity index (χ4v) is 2.72. The minimum Gasteiger partial charge on any atom is -0.391 e. The second kappa shape index (κ2) is 4.07. The average molecular weight is 218 g/mol. The Bertz CT molecular complexity index is 234. The lowest BCUT2D eigenvalue weighted by Crippen LogP contribution is -2.41. The summed E-state index contributed by atoms with van der Waals surface area (Å²) in [6.07, 6.45) is 3.06. The highest BCUT2D eigenvalue weighted by atomic mass is 35.5. The van der Waals surface area contributed by atoms with Gasteiger partial charge in [0.2, 0.25) is 5.91 Å². The summed E-state index contributed by atoms with van der Waals surface area (Å²) in [4.78, 5) is 13.5. The molecule has 1 saturated carbocycles. The Morgan fingerprint density at radius 1 is 1.50 bits per heavy atom. The Kier molecular flexibility index (Phi) is 2.98. The normalized spacial score (nSPS) is 38.3. The van der Waals surface area contributed by atoms with E-state index in [9.17, 15) is 9.90 Å². The molecule has 2 aliphatic rings. The van der Waals surface area contributed by atoms with Gasteiger partial charge in [0.05, 0.1) is 12.1 Å². The number of carbonyl (C=O) groups excluding carboxylic acids is 1. The van der Waals surface area contributed by atoms with Gasteiger partial charge in [0, 0.05) is 18.8 Å². The lowest BCUT2D eigenvalue weighted by atomic mass is 10.1. The second-order valence-corrected chi connectivity index (χ2v) is 4.64. The lowest BCUT2D eigenvalue weighted by Gasteiger charge is -2.26. The van der Waals surface area contributed by atoms with E-state index in [1.54, 1.807) is 0 Å². The molecule has 0 aromatic rings. The first kappa shape index (κ1) is 10.2. The zero-order valence-corrected chi connectivity index (χ0v) is 8.91. The van der Waals surface area contributed by atoms with Crippen LogP contribution in [0.1, 0.15) is 25.7 Å². The van der Waals surface area contributed by atoms with Crippen LogP contribution in [0, 0.1) is 5.92 Å².